The van der Waals surface area contributed by atoms with Crippen LogP contribution < -0.4 is 5.32 Å². The summed E-state index contributed by atoms with van der Waals surface area (Å²) < 4.78 is 1.83. The van der Waals surface area contributed by atoms with Gasteiger partial charge in [-0.05, 0) is 37.1 Å². The van der Waals surface area contributed by atoms with Crippen molar-refractivity contribution < 1.29 is 4.79 Å². The first-order chi connectivity index (χ1) is 14.0. The smallest absolute Gasteiger partial charge is 0.230 e. The molecule has 5 nitrogen and oxygen atoms in total. The summed E-state index contributed by atoms with van der Waals surface area (Å²) >= 11 is 9.38. The zero-order chi connectivity index (χ0) is 20.6. The van der Waals surface area contributed by atoms with E-state index in [1.807, 2.05) is 41.5 Å². The van der Waals surface area contributed by atoms with Crippen LogP contribution in [0.5, 0.6) is 0 Å². The van der Waals surface area contributed by atoms with Crippen molar-refractivity contribution in [3.05, 3.63) is 70.5 Å². The van der Waals surface area contributed by atoms with Crippen molar-refractivity contribution in [1.82, 2.24) is 20.1 Å². The van der Waals surface area contributed by atoms with Crippen LogP contribution in [-0.4, -0.2) is 38.7 Å². The molecule has 1 aromatic heterocycles. The van der Waals surface area contributed by atoms with Crippen LogP contribution in [-0.2, 0) is 10.5 Å². The third-order valence-electron chi connectivity index (χ3n) is 4.24. The van der Waals surface area contributed by atoms with Gasteiger partial charge in [-0.3, -0.25) is 9.36 Å². The lowest BCUT2D eigenvalue weighted by molar-refractivity contribution is -0.118. The van der Waals surface area contributed by atoms with E-state index in [4.69, 9.17) is 11.6 Å². The van der Waals surface area contributed by atoms with E-state index in [9.17, 15) is 4.79 Å². The minimum absolute atomic E-state index is 0.0116. The van der Waals surface area contributed by atoms with E-state index in [1.54, 1.807) is 6.33 Å². The fourth-order valence-electron chi connectivity index (χ4n) is 2.55. The van der Waals surface area contributed by atoms with Crippen molar-refractivity contribution in [3.8, 4) is 5.69 Å². The van der Waals surface area contributed by atoms with Gasteiger partial charge in [-0.2, -0.15) is 11.8 Å². The number of halogens is 1. The van der Waals surface area contributed by atoms with Crippen molar-refractivity contribution in [2.24, 2.45) is 0 Å². The van der Waals surface area contributed by atoms with Gasteiger partial charge in [-0.15, -0.1) is 10.2 Å². The molecule has 0 aliphatic carbocycles. The van der Waals surface area contributed by atoms with E-state index in [0.29, 0.717) is 22.5 Å². The van der Waals surface area contributed by atoms with Crippen molar-refractivity contribution in [3.63, 3.8) is 0 Å². The summed E-state index contributed by atoms with van der Waals surface area (Å²) in [5.74, 6) is 2.11. The molecule has 1 heterocycles. The topological polar surface area (TPSA) is 59.8 Å². The predicted octanol–water partition coefficient (Wildman–Crippen LogP) is 4.68. The summed E-state index contributed by atoms with van der Waals surface area (Å²) in [4.78, 5) is 12.1. The number of hydrogen-bond donors (Lipinski definition) is 1. The third-order valence-corrected chi connectivity index (χ3v) is 6.62. The van der Waals surface area contributed by atoms with Crippen LogP contribution in [0.4, 0.5) is 0 Å². The van der Waals surface area contributed by atoms with Gasteiger partial charge in [0.2, 0.25) is 5.91 Å². The van der Waals surface area contributed by atoms with Crippen LogP contribution in [0, 0.1) is 13.8 Å². The first kappa shape index (κ1) is 21.7. The standard InChI is InChI=1S/C21H23ClN4OS2/c1-15-3-6-17(7-4-15)12-28-10-9-23-20(27)13-29-21-25-24-14-26(21)18-8-5-16(2)19(22)11-18/h3-8,11,14H,9-10,12-13H2,1-2H3,(H,23,27). The summed E-state index contributed by atoms with van der Waals surface area (Å²) in [5.41, 5.74) is 4.46. The van der Waals surface area contributed by atoms with Crippen LogP contribution in [0.25, 0.3) is 5.69 Å². The molecule has 8 heteroatoms. The molecular formula is C21H23ClN4OS2. The highest BCUT2D eigenvalue weighted by molar-refractivity contribution is 7.99. The highest BCUT2D eigenvalue weighted by Gasteiger charge is 2.11. The molecule has 0 fully saturated rings. The lowest BCUT2D eigenvalue weighted by Crippen LogP contribution is -2.27. The van der Waals surface area contributed by atoms with E-state index in [-0.39, 0.29) is 5.91 Å². The van der Waals surface area contributed by atoms with E-state index >= 15 is 0 Å². The Kier molecular flexibility index (Phi) is 8.03. The molecule has 1 N–H and O–H groups in total. The Bertz CT molecular complexity index is 960. The Labute approximate surface area is 184 Å². The van der Waals surface area contributed by atoms with E-state index in [1.165, 1.54) is 22.9 Å². The van der Waals surface area contributed by atoms with Gasteiger partial charge in [-0.1, -0.05) is 59.3 Å². The summed E-state index contributed by atoms with van der Waals surface area (Å²) in [6, 6.07) is 14.3. The molecule has 0 unspecified atom stereocenters. The van der Waals surface area contributed by atoms with Crippen molar-refractivity contribution >= 4 is 41.0 Å². The lowest BCUT2D eigenvalue weighted by atomic mass is 10.2. The third kappa shape index (κ3) is 6.52. The molecule has 2 aromatic carbocycles. The average molecular weight is 447 g/mol. The molecule has 0 atom stereocenters. The molecule has 0 saturated carbocycles. The molecule has 3 rings (SSSR count). The van der Waals surface area contributed by atoms with E-state index in [2.05, 4.69) is 46.7 Å². The minimum atomic E-state index is -0.0116. The lowest BCUT2D eigenvalue weighted by Gasteiger charge is -2.08. The summed E-state index contributed by atoms with van der Waals surface area (Å²) in [6.45, 7) is 4.69. The maximum atomic E-state index is 12.1. The number of carbonyl (C=O) groups is 1. The molecule has 29 heavy (non-hydrogen) atoms. The molecule has 152 valence electrons. The predicted molar refractivity (Wildman–Crippen MR) is 122 cm³/mol. The van der Waals surface area contributed by atoms with Gasteiger partial charge >= 0.3 is 0 Å². The molecule has 3 aromatic rings. The maximum absolute atomic E-state index is 12.1. The molecule has 0 saturated heterocycles. The minimum Gasteiger partial charge on any atom is -0.355 e. The maximum Gasteiger partial charge on any atom is 0.230 e. The summed E-state index contributed by atoms with van der Waals surface area (Å²) in [6.07, 6.45) is 1.63. The second-order valence-corrected chi connectivity index (χ2v) is 9.05. The SMILES string of the molecule is Cc1ccc(CSCCNC(=O)CSc2nncn2-c2ccc(C)c(Cl)c2)cc1. The normalized spacial score (nSPS) is 10.9. The molecule has 1 amide bonds. The number of rotatable bonds is 9. The number of thioether (sulfide) groups is 2. The van der Waals surface area contributed by atoms with Crippen molar-refractivity contribution in [1.29, 1.82) is 0 Å². The molecule has 0 radical (unpaired) electrons. The van der Waals surface area contributed by atoms with Gasteiger partial charge in [0.05, 0.1) is 11.4 Å². The van der Waals surface area contributed by atoms with Crippen LogP contribution in [0.15, 0.2) is 53.9 Å². The Morgan fingerprint density at radius 3 is 2.72 bits per heavy atom. The van der Waals surface area contributed by atoms with Crippen LogP contribution in [0.3, 0.4) is 0 Å². The van der Waals surface area contributed by atoms with Gasteiger partial charge in [0, 0.05) is 23.1 Å². The van der Waals surface area contributed by atoms with Gasteiger partial charge in [0.15, 0.2) is 5.16 Å². The summed E-state index contributed by atoms with van der Waals surface area (Å²) in [5, 5.41) is 12.4. The Morgan fingerprint density at radius 2 is 1.97 bits per heavy atom. The van der Waals surface area contributed by atoms with Crippen LogP contribution in [0.1, 0.15) is 16.7 Å². The number of aromatic nitrogens is 3. The Morgan fingerprint density at radius 1 is 1.17 bits per heavy atom. The van der Waals surface area contributed by atoms with Gasteiger partial charge in [-0.25, -0.2) is 0 Å². The highest BCUT2D eigenvalue weighted by atomic mass is 35.5. The van der Waals surface area contributed by atoms with Crippen molar-refractivity contribution in [2.75, 3.05) is 18.1 Å². The van der Waals surface area contributed by atoms with Crippen LogP contribution >= 0.6 is 35.1 Å². The van der Waals surface area contributed by atoms with Crippen molar-refractivity contribution in [2.45, 2.75) is 24.8 Å². The number of carbonyl (C=O) groups excluding carboxylic acids is 1. The highest BCUT2D eigenvalue weighted by Crippen LogP contribution is 2.23. The second kappa shape index (κ2) is 10.7. The average Bonchev–Trinajstić information content (AvgIpc) is 3.18. The fraction of sp³-hybridized carbons (Fsp3) is 0.286. The molecular weight excluding hydrogens is 424 g/mol. The molecule has 0 bridgehead atoms. The number of aryl methyl sites for hydroxylation is 2. The number of amides is 1. The van der Waals surface area contributed by atoms with Gasteiger partial charge in [0.1, 0.15) is 6.33 Å². The van der Waals surface area contributed by atoms with Gasteiger partial charge in [0.25, 0.3) is 0 Å². The first-order valence-electron chi connectivity index (χ1n) is 9.22. The van der Waals surface area contributed by atoms with Crippen LogP contribution in [0.2, 0.25) is 5.02 Å². The Balaban J connectivity index is 1.40. The number of benzene rings is 2. The summed E-state index contributed by atoms with van der Waals surface area (Å²) in [7, 11) is 0. The van der Waals surface area contributed by atoms with E-state index < -0.39 is 0 Å². The monoisotopic (exact) mass is 446 g/mol. The largest absolute Gasteiger partial charge is 0.355 e. The number of nitrogens with one attached hydrogen (secondary N) is 1. The molecule has 0 spiro atoms. The first-order valence-corrected chi connectivity index (χ1v) is 11.7. The second-order valence-electron chi connectivity index (χ2n) is 6.59. The zero-order valence-corrected chi connectivity index (χ0v) is 18.8. The molecule has 0 aliphatic heterocycles. The van der Waals surface area contributed by atoms with E-state index in [0.717, 1.165) is 22.8 Å². The fourth-order valence-corrected chi connectivity index (χ4v) is 4.30. The quantitative estimate of drug-likeness (QED) is 0.382. The number of nitrogens with zero attached hydrogens (tertiary/aromatic N) is 3. The number of hydrogen-bond acceptors (Lipinski definition) is 5. The Hall–Kier alpha value is -1.96. The molecule has 0 aliphatic rings. The van der Waals surface area contributed by atoms with Gasteiger partial charge < -0.3 is 5.32 Å². The zero-order valence-electron chi connectivity index (χ0n) is 16.4.